The Hall–Kier alpha value is -5.24. The lowest BCUT2D eigenvalue weighted by Gasteiger charge is -2.43. The summed E-state index contributed by atoms with van der Waals surface area (Å²) in [5.74, 6) is -1.47. The van der Waals surface area contributed by atoms with E-state index in [2.05, 4.69) is 5.32 Å². The molecular weight excluding hydrogens is 871 g/mol. The molecule has 3 atom stereocenters. The topological polar surface area (TPSA) is 144 Å². The van der Waals surface area contributed by atoms with Crippen molar-refractivity contribution >= 4 is 75.5 Å². The zero-order valence-electron chi connectivity index (χ0n) is 36.4. The maximum absolute atomic E-state index is 14.7. The molecule has 4 amide bonds. The number of nitrogens with one attached hydrogen (secondary N) is 1. The molecule has 4 aromatic rings. The van der Waals surface area contributed by atoms with Gasteiger partial charge in [-0.2, -0.15) is 0 Å². The Bertz CT molecular complexity index is 2200. The predicted octanol–water partition coefficient (Wildman–Crippen LogP) is 8.60. The number of piperazine rings is 1. The summed E-state index contributed by atoms with van der Waals surface area (Å²) >= 11 is 17.6. The first kappa shape index (κ1) is 48.8. The lowest BCUT2D eigenvalue weighted by atomic mass is 9.99. The van der Waals surface area contributed by atoms with Gasteiger partial charge in [0.15, 0.2) is 0 Å². The van der Waals surface area contributed by atoms with Gasteiger partial charge in [-0.05, 0) is 67.5 Å². The number of carbonyl (C=O) groups excluding carboxylic acids is 5. The first-order valence-corrected chi connectivity index (χ1v) is 21.9. The smallest absolute Gasteiger partial charge is 0.410 e. The van der Waals surface area contributed by atoms with Crippen LogP contribution in [-0.4, -0.2) is 112 Å². The maximum atomic E-state index is 14.7. The number of amides is 4. The van der Waals surface area contributed by atoms with E-state index in [1.54, 1.807) is 26.8 Å². The second-order valence-corrected chi connectivity index (χ2v) is 19.3. The number of likely N-dealkylation sites (N-methyl/N-ethyl adjacent to an activating group) is 1. The molecule has 0 aliphatic carbocycles. The van der Waals surface area contributed by atoms with Gasteiger partial charge in [0, 0.05) is 20.1 Å². The number of hydrogen-bond acceptors (Lipinski definition) is 9. The highest BCUT2D eigenvalue weighted by Gasteiger charge is 2.43. The van der Waals surface area contributed by atoms with E-state index in [1.165, 1.54) is 21.7 Å². The van der Waals surface area contributed by atoms with Gasteiger partial charge in [0.1, 0.15) is 48.8 Å². The number of carbonyl (C=O) groups is 5. The number of nitrogens with zero attached hydrogens (tertiary/aromatic N) is 3. The number of fused-ring (bicyclic) bond motifs is 1. The second kappa shape index (κ2) is 21.9. The molecule has 0 radical (unpaired) electrons. The molecule has 0 bridgehead atoms. The monoisotopic (exact) mass is 924 g/mol. The van der Waals surface area contributed by atoms with E-state index in [1.807, 2.05) is 105 Å². The summed E-state index contributed by atoms with van der Waals surface area (Å²) in [7, 11) is 1.49. The Kier molecular flexibility index (Phi) is 17.0. The molecule has 4 aromatic carbocycles. The fraction of sp³-hybridized carbons (Fsp3) is 0.426. The highest BCUT2D eigenvalue weighted by molar-refractivity contribution is 6.67. The third kappa shape index (κ3) is 14.4. The van der Waals surface area contributed by atoms with E-state index >= 15 is 0 Å². The molecule has 63 heavy (non-hydrogen) atoms. The Morgan fingerprint density at radius 2 is 1.46 bits per heavy atom. The van der Waals surface area contributed by atoms with Crippen molar-refractivity contribution in [3.8, 4) is 5.75 Å². The quantitative estimate of drug-likeness (QED) is 0.0705. The fourth-order valence-electron chi connectivity index (χ4n) is 7.11. The summed E-state index contributed by atoms with van der Waals surface area (Å²) in [6, 6.07) is 26.7. The molecule has 13 nitrogen and oxygen atoms in total. The van der Waals surface area contributed by atoms with Crippen LogP contribution in [0, 0.1) is 5.92 Å². The summed E-state index contributed by atoms with van der Waals surface area (Å²) in [5, 5.41) is 4.51. The standard InChI is InChI=1S/C47H55Cl3N4O9/c1-31(2)25-37(52(6)44(58)63-46(3,4)5)42(56)54-24-23-53(45(59)62-30-47(48,49)50)27-38(54)41(55)51-35(26-32-15-9-7-10-16-32)29-60-39-22-21-34-19-13-14-20-36(34)40(39)43(57)61-28-33-17-11-8-12-18-33/h7-22,31,35,37-38H,23-30H2,1-6H3,(H,51,55)/t35-,37+,38-/m1/s1. The molecule has 0 saturated carbocycles. The van der Waals surface area contributed by atoms with Crippen molar-refractivity contribution in [3.63, 3.8) is 0 Å². The second-order valence-electron chi connectivity index (χ2n) is 16.8. The fourth-order valence-corrected chi connectivity index (χ4v) is 7.27. The van der Waals surface area contributed by atoms with E-state index < -0.39 is 64.1 Å². The first-order chi connectivity index (χ1) is 29.8. The number of ether oxygens (including phenoxy) is 4. The molecular formula is C47H55Cl3N4O9. The van der Waals surface area contributed by atoms with Crippen molar-refractivity contribution in [3.05, 3.63) is 114 Å². The SMILES string of the molecule is CC(C)C[C@@H](C(=O)N1CCN(C(=O)OCC(Cl)(Cl)Cl)C[C@@H]1C(=O)N[C@@H](COc1ccc2ccccc2c1C(=O)OCc1ccccc1)Cc1ccccc1)N(C)C(=O)OC(C)(C)C. The van der Waals surface area contributed by atoms with E-state index in [0.717, 1.165) is 16.5 Å². The number of alkyl halides is 3. The number of benzene rings is 4. The van der Waals surface area contributed by atoms with Gasteiger partial charge < -0.3 is 34.1 Å². The maximum Gasteiger partial charge on any atom is 0.410 e. The van der Waals surface area contributed by atoms with Crippen molar-refractivity contribution in [2.75, 3.05) is 39.9 Å². The minimum atomic E-state index is -1.88. The molecule has 338 valence electrons. The summed E-state index contributed by atoms with van der Waals surface area (Å²) in [5.41, 5.74) is 1.09. The zero-order valence-corrected chi connectivity index (χ0v) is 38.6. The van der Waals surface area contributed by atoms with Crippen LogP contribution in [0.15, 0.2) is 97.1 Å². The van der Waals surface area contributed by atoms with Crippen LogP contribution in [0.5, 0.6) is 5.75 Å². The van der Waals surface area contributed by atoms with Gasteiger partial charge in [0.25, 0.3) is 0 Å². The van der Waals surface area contributed by atoms with Crippen LogP contribution in [0.3, 0.4) is 0 Å². The normalized spacial score (nSPS) is 15.3. The van der Waals surface area contributed by atoms with Crippen LogP contribution >= 0.6 is 34.8 Å². The Labute approximate surface area is 383 Å². The van der Waals surface area contributed by atoms with E-state index in [4.69, 9.17) is 53.8 Å². The lowest BCUT2D eigenvalue weighted by Crippen LogP contribution is -2.65. The average molecular weight is 926 g/mol. The Balaban J connectivity index is 1.46. The van der Waals surface area contributed by atoms with Crippen molar-refractivity contribution in [2.24, 2.45) is 5.92 Å². The third-order valence-electron chi connectivity index (χ3n) is 10.1. The van der Waals surface area contributed by atoms with Crippen LogP contribution in [0.25, 0.3) is 10.8 Å². The molecule has 1 aliphatic heterocycles. The van der Waals surface area contributed by atoms with Crippen LogP contribution in [-0.2, 0) is 36.8 Å². The number of halogens is 3. The molecule has 1 saturated heterocycles. The van der Waals surface area contributed by atoms with Gasteiger partial charge in [-0.3, -0.25) is 14.5 Å². The molecule has 16 heteroatoms. The van der Waals surface area contributed by atoms with Crippen molar-refractivity contribution in [2.45, 2.75) is 81.6 Å². The highest BCUT2D eigenvalue weighted by Crippen LogP contribution is 2.30. The van der Waals surface area contributed by atoms with Gasteiger partial charge in [0.05, 0.1) is 12.6 Å². The van der Waals surface area contributed by atoms with Gasteiger partial charge in [-0.15, -0.1) is 0 Å². The molecule has 0 unspecified atom stereocenters. The van der Waals surface area contributed by atoms with Crippen LogP contribution < -0.4 is 10.1 Å². The number of esters is 1. The lowest BCUT2D eigenvalue weighted by molar-refractivity contribution is -0.148. The molecule has 0 spiro atoms. The van der Waals surface area contributed by atoms with Crippen molar-refractivity contribution in [1.82, 2.24) is 20.0 Å². The summed E-state index contributed by atoms with van der Waals surface area (Å²) in [6.45, 7) is 8.06. The van der Waals surface area contributed by atoms with E-state index in [9.17, 15) is 24.0 Å². The van der Waals surface area contributed by atoms with Gasteiger partial charge in [-0.25, -0.2) is 14.4 Å². The minimum Gasteiger partial charge on any atom is -0.491 e. The molecule has 1 fully saturated rings. The number of hydrogen-bond donors (Lipinski definition) is 1. The predicted molar refractivity (Wildman–Crippen MR) is 243 cm³/mol. The molecule has 0 aromatic heterocycles. The van der Waals surface area contributed by atoms with Crippen LogP contribution in [0.4, 0.5) is 9.59 Å². The van der Waals surface area contributed by atoms with Crippen LogP contribution in [0.2, 0.25) is 0 Å². The molecule has 1 heterocycles. The average Bonchev–Trinajstić information content (AvgIpc) is 3.24. The Morgan fingerprint density at radius 3 is 2.10 bits per heavy atom. The van der Waals surface area contributed by atoms with Crippen LogP contribution in [0.1, 0.15) is 62.5 Å². The van der Waals surface area contributed by atoms with Gasteiger partial charge in [-0.1, -0.05) is 140 Å². The third-order valence-corrected chi connectivity index (χ3v) is 10.5. The van der Waals surface area contributed by atoms with Crippen molar-refractivity contribution in [1.29, 1.82) is 0 Å². The minimum absolute atomic E-state index is 0.0135. The molecule has 1 aliphatic rings. The Morgan fingerprint density at radius 1 is 0.825 bits per heavy atom. The van der Waals surface area contributed by atoms with Gasteiger partial charge in [0.2, 0.25) is 15.6 Å². The van der Waals surface area contributed by atoms with Crippen molar-refractivity contribution < 1.29 is 42.9 Å². The highest BCUT2D eigenvalue weighted by atomic mass is 35.6. The van der Waals surface area contributed by atoms with E-state index in [-0.39, 0.29) is 56.5 Å². The first-order valence-electron chi connectivity index (χ1n) is 20.7. The van der Waals surface area contributed by atoms with E-state index in [0.29, 0.717) is 11.8 Å². The summed E-state index contributed by atoms with van der Waals surface area (Å²) < 4.78 is 21.2. The molecule has 5 rings (SSSR count). The van der Waals surface area contributed by atoms with Gasteiger partial charge >= 0.3 is 18.2 Å². The summed E-state index contributed by atoms with van der Waals surface area (Å²) in [4.78, 5) is 73.8. The zero-order chi connectivity index (χ0) is 45.9. The number of rotatable bonds is 15. The molecule has 1 N–H and O–H groups in total. The largest absolute Gasteiger partial charge is 0.491 e. The summed E-state index contributed by atoms with van der Waals surface area (Å²) in [6.07, 6.45) is -0.988.